The molecule has 3 rings (SSSR count). The van der Waals surface area contributed by atoms with Crippen LogP contribution in [0.1, 0.15) is 25.5 Å². The molecule has 0 aliphatic rings. The quantitative estimate of drug-likeness (QED) is 0.541. The normalized spacial score (nSPS) is 11.4. The molecule has 0 spiro atoms. The third-order valence-corrected chi connectivity index (χ3v) is 4.88. The molecule has 2 heterocycles. The van der Waals surface area contributed by atoms with Crippen LogP contribution in [0.4, 0.5) is 5.69 Å². The first-order chi connectivity index (χ1) is 12.7. The predicted octanol–water partition coefficient (Wildman–Crippen LogP) is 4.94. The summed E-state index contributed by atoms with van der Waals surface area (Å²) >= 11 is 6.06. The van der Waals surface area contributed by atoms with Crippen LogP contribution in [-0.2, 0) is 13.6 Å². The maximum atomic E-state index is 6.06. The molecule has 4 nitrogen and oxygen atoms in total. The Hall–Kier alpha value is -2.04. The predicted molar refractivity (Wildman–Crippen MR) is 111 cm³/mol. The van der Waals surface area contributed by atoms with Crippen molar-refractivity contribution in [2.45, 2.75) is 26.3 Å². The molecule has 26 heavy (non-hydrogen) atoms. The minimum absolute atomic E-state index is 0.720. The van der Waals surface area contributed by atoms with Crippen LogP contribution in [0.25, 0.3) is 10.9 Å². The summed E-state index contributed by atoms with van der Waals surface area (Å²) in [6, 6.07) is 12.2. The lowest BCUT2D eigenvalue weighted by atomic mass is 10.2. The van der Waals surface area contributed by atoms with E-state index < -0.39 is 0 Å². The van der Waals surface area contributed by atoms with Gasteiger partial charge < -0.3 is 9.88 Å². The molecule has 5 heteroatoms. The average molecular weight is 371 g/mol. The Morgan fingerprint density at radius 2 is 2.08 bits per heavy atom. The monoisotopic (exact) mass is 370 g/mol. The van der Waals surface area contributed by atoms with E-state index in [1.807, 2.05) is 30.5 Å². The van der Waals surface area contributed by atoms with Gasteiger partial charge in [0.2, 0.25) is 0 Å². The second-order valence-corrected chi connectivity index (χ2v) is 7.12. The van der Waals surface area contributed by atoms with E-state index in [0.717, 1.165) is 54.2 Å². The fourth-order valence-electron chi connectivity index (χ4n) is 3.28. The van der Waals surface area contributed by atoms with E-state index in [0.29, 0.717) is 0 Å². The average Bonchev–Trinajstić information content (AvgIpc) is 3.03. The Morgan fingerprint density at radius 1 is 1.19 bits per heavy atom. The number of aryl methyl sites for hydroxylation is 1. The Balaban J connectivity index is 1.54. The number of rotatable bonds is 9. The molecular formula is C21H27ClN4. The summed E-state index contributed by atoms with van der Waals surface area (Å²) in [7, 11) is 2.11. The Bertz CT molecular complexity index is 843. The first-order valence-electron chi connectivity index (χ1n) is 9.28. The lowest BCUT2D eigenvalue weighted by Gasteiger charge is -2.22. The maximum absolute atomic E-state index is 6.06. The molecule has 0 atom stereocenters. The van der Waals surface area contributed by atoms with Crippen LogP contribution >= 0.6 is 11.6 Å². The van der Waals surface area contributed by atoms with Gasteiger partial charge in [0.15, 0.2) is 0 Å². The number of hydrogen-bond donors (Lipinski definition) is 1. The van der Waals surface area contributed by atoms with Gasteiger partial charge >= 0.3 is 0 Å². The van der Waals surface area contributed by atoms with Crippen molar-refractivity contribution in [3.8, 4) is 0 Å². The van der Waals surface area contributed by atoms with Crippen molar-refractivity contribution in [3.05, 3.63) is 59.5 Å². The van der Waals surface area contributed by atoms with Gasteiger partial charge in [-0.05, 0) is 55.8 Å². The van der Waals surface area contributed by atoms with Crippen LogP contribution in [-0.4, -0.2) is 34.1 Å². The van der Waals surface area contributed by atoms with Gasteiger partial charge in [0.25, 0.3) is 0 Å². The van der Waals surface area contributed by atoms with Crippen LogP contribution in [0.15, 0.2) is 48.8 Å². The largest absolute Gasteiger partial charge is 0.384 e. The van der Waals surface area contributed by atoms with Gasteiger partial charge in [-0.15, -0.1) is 0 Å². The highest BCUT2D eigenvalue weighted by Gasteiger charge is 2.07. The number of benzene rings is 1. The molecule has 138 valence electrons. The van der Waals surface area contributed by atoms with Crippen molar-refractivity contribution >= 4 is 28.2 Å². The number of nitrogens with one attached hydrogen (secondary N) is 1. The molecule has 2 aromatic heterocycles. The molecule has 3 aromatic rings. The second-order valence-electron chi connectivity index (χ2n) is 6.69. The first kappa shape index (κ1) is 18.7. The molecular weight excluding hydrogens is 344 g/mol. The van der Waals surface area contributed by atoms with Crippen LogP contribution in [0.2, 0.25) is 5.02 Å². The summed E-state index contributed by atoms with van der Waals surface area (Å²) in [5.74, 6) is 0. The maximum Gasteiger partial charge on any atom is 0.0737 e. The Labute approximate surface area is 160 Å². The van der Waals surface area contributed by atoms with E-state index in [-0.39, 0.29) is 0 Å². The fraction of sp³-hybridized carbons (Fsp3) is 0.381. The number of nitrogens with zero attached hydrogens (tertiary/aromatic N) is 3. The van der Waals surface area contributed by atoms with Crippen molar-refractivity contribution < 1.29 is 0 Å². The van der Waals surface area contributed by atoms with E-state index >= 15 is 0 Å². The van der Waals surface area contributed by atoms with Crippen molar-refractivity contribution in [3.63, 3.8) is 0 Å². The summed E-state index contributed by atoms with van der Waals surface area (Å²) in [6.45, 7) is 6.40. The van der Waals surface area contributed by atoms with Crippen LogP contribution in [0.5, 0.6) is 0 Å². The fourth-order valence-corrected chi connectivity index (χ4v) is 3.44. The molecule has 0 saturated heterocycles. The zero-order chi connectivity index (χ0) is 18.4. The molecule has 0 bridgehead atoms. The van der Waals surface area contributed by atoms with Crippen LogP contribution < -0.4 is 5.32 Å². The number of aromatic nitrogens is 2. The summed E-state index contributed by atoms with van der Waals surface area (Å²) in [4.78, 5) is 6.93. The zero-order valence-corrected chi connectivity index (χ0v) is 16.3. The third kappa shape index (κ3) is 4.77. The highest BCUT2D eigenvalue weighted by Crippen LogP contribution is 2.24. The first-order valence-corrected chi connectivity index (χ1v) is 9.66. The Morgan fingerprint density at radius 3 is 2.85 bits per heavy atom. The topological polar surface area (TPSA) is 33.1 Å². The third-order valence-electron chi connectivity index (χ3n) is 4.65. The molecule has 1 aromatic carbocycles. The SMILES string of the molecule is CCCN(CCCNc1ccnc2cc(Cl)ccc12)Cc1cccn1C. The minimum Gasteiger partial charge on any atom is -0.384 e. The molecule has 0 fully saturated rings. The molecule has 0 radical (unpaired) electrons. The van der Waals surface area contributed by atoms with Gasteiger partial charge in [0.05, 0.1) is 5.52 Å². The van der Waals surface area contributed by atoms with E-state index in [1.54, 1.807) is 0 Å². The molecule has 0 saturated carbocycles. The molecule has 0 unspecified atom stereocenters. The summed E-state index contributed by atoms with van der Waals surface area (Å²) in [6.07, 6.45) is 6.22. The van der Waals surface area contributed by atoms with Gasteiger partial charge in [0.1, 0.15) is 0 Å². The summed E-state index contributed by atoms with van der Waals surface area (Å²) in [5, 5.41) is 5.40. The zero-order valence-electron chi connectivity index (χ0n) is 15.6. The van der Waals surface area contributed by atoms with Gasteiger partial charge in [-0.3, -0.25) is 9.88 Å². The van der Waals surface area contributed by atoms with Crippen LogP contribution in [0.3, 0.4) is 0 Å². The van der Waals surface area contributed by atoms with Gasteiger partial charge in [-0.2, -0.15) is 0 Å². The van der Waals surface area contributed by atoms with Crippen molar-refractivity contribution in [1.29, 1.82) is 0 Å². The van der Waals surface area contributed by atoms with E-state index in [2.05, 4.69) is 52.1 Å². The molecule has 0 aliphatic heterocycles. The standard InChI is InChI=1S/C21H27ClN4/c1-3-12-26(16-18-6-4-13-25(18)2)14-5-10-23-20-9-11-24-21-15-17(22)7-8-19(20)21/h4,6-9,11,13,15H,3,5,10,12,14,16H2,1-2H3,(H,23,24). The van der Waals surface area contributed by atoms with Gasteiger partial charge in [-0.25, -0.2) is 0 Å². The van der Waals surface area contributed by atoms with E-state index in [9.17, 15) is 0 Å². The van der Waals surface area contributed by atoms with Gasteiger partial charge in [-0.1, -0.05) is 18.5 Å². The summed E-state index contributed by atoms with van der Waals surface area (Å²) in [5.41, 5.74) is 3.42. The van der Waals surface area contributed by atoms with Crippen molar-refractivity contribution in [2.75, 3.05) is 25.0 Å². The minimum atomic E-state index is 0.720. The number of pyridine rings is 1. The molecule has 0 aliphatic carbocycles. The van der Waals surface area contributed by atoms with Crippen LogP contribution in [0, 0.1) is 0 Å². The lowest BCUT2D eigenvalue weighted by Crippen LogP contribution is -2.27. The van der Waals surface area contributed by atoms with Crippen molar-refractivity contribution in [2.24, 2.45) is 7.05 Å². The number of fused-ring (bicyclic) bond motifs is 1. The highest BCUT2D eigenvalue weighted by atomic mass is 35.5. The Kier molecular flexibility index (Phi) is 6.53. The lowest BCUT2D eigenvalue weighted by molar-refractivity contribution is 0.259. The number of halogens is 1. The highest BCUT2D eigenvalue weighted by molar-refractivity contribution is 6.31. The molecule has 1 N–H and O–H groups in total. The van der Waals surface area contributed by atoms with Crippen molar-refractivity contribution in [1.82, 2.24) is 14.5 Å². The second kappa shape index (κ2) is 9.06. The van der Waals surface area contributed by atoms with E-state index in [4.69, 9.17) is 11.6 Å². The number of anilines is 1. The van der Waals surface area contributed by atoms with Gasteiger partial charge in [0, 0.05) is 60.9 Å². The number of hydrogen-bond acceptors (Lipinski definition) is 3. The summed E-state index contributed by atoms with van der Waals surface area (Å²) < 4.78 is 2.20. The smallest absolute Gasteiger partial charge is 0.0737 e. The van der Waals surface area contributed by atoms with E-state index in [1.165, 1.54) is 12.1 Å². The molecule has 0 amide bonds.